The van der Waals surface area contributed by atoms with E-state index in [0.29, 0.717) is 11.3 Å². The largest absolute Gasteiger partial charge is 0.349 e. The van der Waals surface area contributed by atoms with Gasteiger partial charge in [0.05, 0.1) is 6.54 Å². The maximum absolute atomic E-state index is 12.5. The first-order chi connectivity index (χ1) is 9.85. The van der Waals surface area contributed by atoms with Crippen LogP contribution in [-0.4, -0.2) is 19.9 Å². The first kappa shape index (κ1) is 15.2. The van der Waals surface area contributed by atoms with Gasteiger partial charge in [0, 0.05) is 34.9 Å². The number of Topliss-reactive ketones (excluding diaryl/α,β-unsaturated/α-hetero) is 1. The fourth-order valence-electron chi connectivity index (χ4n) is 2.77. The molecule has 21 heavy (non-hydrogen) atoms. The van der Waals surface area contributed by atoms with Crippen molar-refractivity contribution in [3.63, 3.8) is 0 Å². The van der Waals surface area contributed by atoms with E-state index in [1.54, 1.807) is 6.92 Å². The molecule has 0 aliphatic heterocycles. The number of aromatic nitrogens is 3. The van der Waals surface area contributed by atoms with Crippen molar-refractivity contribution in [3.8, 4) is 0 Å². The van der Waals surface area contributed by atoms with Gasteiger partial charge in [-0.1, -0.05) is 0 Å². The molecule has 2 aromatic rings. The average Bonchev–Trinajstić information content (AvgIpc) is 2.68. The zero-order chi connectivity index (χ0) is 15.7. The van der Waals surface area contributed by atoms with E-state index in [1.165, 1.54) is 4.57 Å². The molecule has 112 valence electrons. The van der Waals surface area contributed by atoms with Crippen molar-refractivity contribution in [1.82, 2.24) is 14.1 Å². The fourth-order valence-corrected chi connectivity index (χ4v) is 2.77. The summed E-state index contributed by atoms with van der Waals surface area (Å²) < 4.78 is 3.52. The Morgan fingerprint density at radius 2 is 1.71 bits per heavy atom. The number of nitrogens with zero attached hydrogens (tertiary/aromatic N) is 3. The predicted octanol–water partition coefficient (Wildman–Crippen LogP) is 2.18. The van der Waals surface area contributed by atoms with E-state index in [4.69, 9.17) is 0 Å². The molecule has 5 heteroatoms. The highest BCUT2D eigenvalue weighted by Gasteiger charge is 2.16. The van der Waals surface area contributed by atoms with Gasteiger partial charge in [0.1, 0.15) is 0 Å². The smallest absolute Gasteiger partial charge is 0.348 e. The van der Waals surface area contributed by atoms with Crippen LogP contribution >= 0.6 is 0 Å². The third-order valence-electron chi connectivity index (χ3n) is 3.84. The van der Waals surface area contributed by atoms with Gasteiger partial charge in [-0.2, -0.15) is 4.98 Å². The highest BCUT2D eigenvalue weighted by Crippen LogP contribution is 2.16. The Bertz CT molecular complexity index is 754. The molecule has 0 saturated heterocycles. The van der Waals surface area contributed by atoms with Crippen molar-refractivity contribution in [2.45, 2.75) is 47.7 Å². The van der Waals surface area contributed by atoms with Crippen LogP contribution in [0.4, 0.5) is 0 Å². The topological polar surface area (TPSA) is 56.9 Å². The summed E-state index contributed by atoms with van der Waals surface area (Å²) in [5.74, 6) is -0.0568. The monoisotopic (exact) mass is 287 g/mol. The Balaban J connectivity index is 2.38. The molecule has 0 bridgehead atoms. The van der Waals surface area contributed by atoms with Crippen molar-refractivity contribution >= 4 is 5.78 Å². The molecule has 0 aliphatic carbocycles. The van der Waals surface area contributed by atoms with Gasteiger partial charge in [0.25, 0.3) is 0 Å². The van der Waals surface area contributed by atoms with Gasteiger partial charge in [0.2, 0.25) is 0 Å². The first-order valence-electron chi connectivity index (χ1n) is 7.10. The standard InChI is InChI=1S/C16H21N3O2/c1-6-18-12(4)8-14(13(18)5)15(20)9-19-11(3)7-10(2)17-16(19)21/h7-8H,6,9H2,1-5H3. The average molecular weight is 287 g/mol. The number of carbonyl (C=O) groups excluding carboxylic acids is 1. The third kappa shape index (κ3) is 2.82. The minimum Gasteiger partial charge on any atom is -0.349 e. The Labute approximate surface area is 124 Å². The van der Waals surface area contributed by atoms with Gasteiger partial charge in [-0.3, -0.25) is 9.36 Å². The lowest BCUT2D eigenvalue weighted by Gasteiger charge is -2.09. The summed E-state index contributed by atoms with van der Waals surface area (Å²) in [5, 5.41) is 0. The molecule has 0 amide bonds. The van der Waals surface area contributed by atoms with E-state index in [2.05, 4.69) is 9.55 Å². The van der Waals surface area contributed by atoms with Crippen molar-refractivity contribution in [2.24, 2.45) is 0 Å². The second-order valence-corrected chi connectivity index (χ2v) is 5.36. The first-order valence-corrected chi connectivity index (χ1v) is 7.10. The van der Waals surface area contributed by atoms with Crippen LogP contribution in [0.2, 0.25) is 0 Å². The summed E-state index contributed by atoms with van der Waals surface area (Å²) in [6.45, 7) is 10.4. The molecule has 0 N–H and O–H groups in total. The normalized spacial score (nSPS) is 10.9. The fraction of sp³-hybridized carbons (Fsp3) is 0.438. The van der Waals surface area contributed by atoms with Crippen LogP contribution in [0.3, 0.4) is 0 Å². The highest BCUT2D eigenvalue weighted by molar-refractivity contribution is 5.97. The van der Waals surface area contributed by atoms with Gasteiger partial charge in [-0.15, -0.1) is 0 Å². The van der Waals surface area contributed by atoms with Gasteiger partial charge < -0.3 is 4.57 Å². The molecule has 0 atom stereocenters. The van der Waals surface area contributed by atoms with E-state index < -0.39 is 0 Å². The Hall–Kier alpha value is -2.17. The lowest BCUT2D eigenvalue weighted by molar-refractivity contribution is 0.0968. The number of hydrogen-bond donors (Lipinski definition) is 0. The lowest BCUT2D eigenvalue weighted by Crippen LogP contribution is -2.29. The summed E-state index contributed by atoms with van der Waals surface area (Å²) in [6.07, 6.45) is 0. The number of rotatable bonds is 4. The van der Waals surface area contributed by atoms with Crippen LogP contribution < -0.4 is 5.69 Å². The quantitative estimate of drug-likeness (QED) is 0.810. The third-order valence-corrected chi connectivity index (χ3v) is 3.84. The lowest BCUT2D eigenvalue weighted by atomic mass is 10.1. The minimum atomic E-state index is -0.370. The minimum absolute atomic E-state index is 0.0337. The molecule has 0 spiro atoms. The van der Waals surface area contributed by atoms with Crippen molar-refractivity contribution in [1.29, 1.82) is 0 Å². The van der Waals surface area contributed by atoms with E-state index in [1.807, 2.05) is 39.8 Å². The maximum Gasteiger partial charge on any atom is 0.348 e. The van der Waals surface area contributed by atoms with E-state index in [9.17, 15) is 9.59 Å². The number of hydrogen-bond acceptors (Lipinski definition) is 3. The molecule has 5 nitrogen and oxygen atoms in total. The van der Waals surface area contributed by atoms with Crippen molar-refractivity contribution < 1.29 is 4.79 Å². The number of aryl methyl sites for hydroxylation is 3. The van der Waals surface area contributed by atoms with E-state index in [-0.39, 0.29) is 18.0 Å². The van der Waals surface area contributed by atoms with Crippen molar-refractivity contribution in [2.75, 3.05) is 0 Å². The summed E-state index contributed by atoms with van der Waals surface area (Å²) in [6, 6.07) is 3.70. The molecule has 0 saturated carbocycles. The number of ketones is 1. The number of carbonyl (C=O) groups is 1. The van der Waals surface area contributed by atoms with Crippen LogP contribution in [0.5, 0.6) is 0 Å². The van der Waals surface area contributed by atoms with Crippen LogP contribution in [0.1, 0.15) is 40.1 Å². The molecule has 0 unspecified atom stereocenters. The van der Waals surface area contributed by atoms with Crippen LogP contribution in [0, 0.1) is 27.7 Å². The molecular formula is C16H21N3O2. The van der Waals surface area contributed by atoms with Gasteiger partial charge >= 0.3 is 5.69 Å². The van der Waals surface area contributed by atoms with E-state index in [0.717, 1.165) is 23.6 Å². The van der Waals surface area contributed by atoms with Crippen LogP contribution in [0.25, 0.3) is 0 Å². The van der Waals surface area contributed by atoms with Gasteiger partial charge in [-0.25, -0.2) is 4.79 Å². The summed E-state index contributed by atoms with van der Waals surface area (Å²) in [5.41, 5.74) is 3.75. The molecule has 2 aromatic heterocycles. The van der Waals surface area contributed by atoms with Gasteiger partial charge in [0.15, 0.2) is 5.78 Å². The Kier molecular flexibility index (Phi) is 4.11. The second kappa shape index (κ2) is 5.68. The molecule has 2 rings (SSSR count). The van der Waals surface area contributed by atoms with Gasteiger partial charge in [-0.05, 0) is 46.8 Å². The maximum atomic E-state index is 12.5. The molecule has 0 aliphatic rings. The highest BCUT2D eigenvalue weighted by atomic mass is 16.2. The SMILES string of the molecule is CCn1c(C)cc(C(=O)Cn2c(C)cc(C)nc2=O)c1C. The predicted molar refractivity (Wildman–Crippen MR) is 81.9 cm³/mol. The molecule has 0 radical (unpaired) electrons. The zero-order valence-corrected chi connectivity index (χ0v) is 13.2. The van der Waals surface area contributed by atoms with Crippen molar-refractivity contribution in [3.05, 3.63) is 51.0 Å². The zero-order valence-electron chi connectivity index (χ0n) is 13.2. The molecular weight excluding hydrogens is 266 g/mol. The second-order valence-electron chi connectivity index (χ2n) is 5.36. The molecule has 2 heterocycles. The Morgan fingerprint density at radius 1 is 1.10 bits per heavy atom. The summed E-state index contributed by atoms with van der Waals surface area (Å²) >= 11 is 0. The van der Waals surface area contributed by atoms with E-state index >= 15 is 0 Å². The van der Waals surface area contributed by atoms with Crippen LogP contribution in [-0.2, 0) is 13.1 Å². The van der Waals surface area contributed by atoms with Crippen LogP contribution in [0.15, 0.2) is 16.9 Å². The Morgan fingerprint density at radius 3 is 2.24 bits per heavy atom. The summed E-state index contributed by atoms with van der Waals surface area (Å²) in [7, 11) is 0. The summed E-state index contributed by atoms with van der Waals surface area (Å²) in [4.78, 5) is 28.3. The molecule has 0 fully saturated rings. The molecule has 0 aromatic carbocycles.